The molecule has 0 spiro atoms. The van der Waals surface area contributed by atoms with Gasteiger partial charge in [-0.1, -0.05) is 55.9 Å². The van der Waals surface area contributed by atoms with Gasteiger partial charge in [0.05, 0.1) is 37.2 Å². The number of nitrogens with one attached hydrogen (secondary N) is 1. The van der Waals surface area contributed by atoms with Crippen molar-refractivity contribution in [2.45, 2.75) is 56.3 Å². The van der Waals surface area contributed by atoms with Crippen LogP contribution in [0.1, 0.15) is 45.1 Å². The van der Waals surface area contributed by atoms with Gasteiger partial charge in [-0.3, -0.25) is 9.59 Å². The predicted octanol–water partition coefficient (Wildman–Crippen LogP) is 1.90. The Kier molecular flexibility index (Phi) is 9.89. The number of amides is 2. The molecule has 11 heteroatoms. The quantitative estimate of drug-likeness (QED) is 0.432. The van der Waals surface area contributed by atoms with Gasteiger partial charge in [0.15, 0.2) is 11.0 Å². The number of hydrogen-bond acceptors (Lipinski definition) is 8. The molecule has 1 aromatic carbocycles. The summed E-state index contributed by atoms with van der Waals surface area (Å²) in [5.41, 5.74) is 5.98. The standard InChI is InChI=1S/C25H38N6O4S/c1-17(2)20(22(32)31-11-13-34-14-12-31)36-24-29-28-21(30(24)5)19(27-23(33)25(3,4)26)16-35-15-18-9-7-6-8-10-18/h6-10,17,19-20H,11-16,26H2,1-5H3,(H,27,33)/t19-,20?/m1/s1. The van der Waals surface area contributed by atoms with Gasteiger partial charge in [-0.05, 0) is 25.3 Å². The van der Waals surface area contributed by atoms with E-state index in [1.165, 1.54) is 11.8 Å². The minimum absolute atomic E-state index is 0.0729. The van der Waals surface area contributed by atoms with Gasteiger partial charge >= 0.3 is 0 Å². The zero-order valence-corrected chi connectivity index (χ0v) is 22.6. The maximum atomic E-state index is 13.2. The summed E-state index contributed by atoms with van der Waals surface area (Å²) in [4.78, 5) is 27.8. The van der Waals surface area contributed by atoms with Gasteiger partial charge in [-0.15, -0.1) is 10.2 Å². The van der Waals surface area contributed by atoms with Crippen molar-refractivity contribution in [3.05, 3.63) is 41.7 Å². The zero-order chi connectivity index (χ0) is 26.3. The van der Waals surface area contributed by atoms with E-state index in [-0.39, 0.29) is 29.6 Å². The van der Waals surface area contributed by atoms with Gasteiger partial charge in [0.2, 0.25) is 11.8 Å². The highest BCUT2D eigenvalue weighted by Gasteiger charge is 2.32. The lowest BCUT2D eigenvalue weighted by molar-refractivity contribution is -0.135. The van der Waals surface area contributed by atoms with E-state index in [2.05, 4.69) is 15.5 Å². The second-order valence-corrected chi connectivity index (χ2v) is 11.0. The van der Waals surface area contributed by atoms with Crippen molar-refractivity contribution >= 4 is 23.6 Å². The molecule has 1 aromatic heterocycles. The fourth-order valence-electron chi connectivity index (χ4n) is 3.67. The zero-order valence-electron chi connectivity index (χ0n) is 21.8. The van der Waals surface area contributed by atoms with Crippen molar-refractivity contribution in [1.82, 2.24) is 25.0 Å². The molecule has 1 fully saturated rings. The van der Waals surface area contributed by atoms with Gasteiger partial charge in [-0.2, -0.15) is 0 Å². The van der Waals surface area contributed by atoms with E-state index in [0.29, 0.717) is 43.9 Å². The summed E-state index contributed by atoms with van der Waals surface area (Å²) < 4.78 is 13.1. The van der Waals surface area contributed by atoms with Crippen molar-refractivity contribution < 1.29 is 19.1 Å². The number of morpholine rings is 1. The highest BCUT2D eigenvalue weighted by Crippen LogP contribution is 2.30. The van der Waals surface area contributed by atoms with Crippen LogP contribution >= 0.6 is 11.8 Å². The first-order valence-corrected chi connectivity index (χ1v) is 13.1. The van der Waals surface area contributed by atoms with Gasteiger partial charge < -0.3 is 30.0 Å². The summed E-state index contributed by atoms with van der Waals surface area (Å²) >= 11 is 1.39. The SMILES string of the molecule is CC(C)C(Sc1nnc([C@@H](COCc2ccccc2)NC(=O)C(C)(C)N)n1C)C(=O)N1CCOCC1. The number of thioether (sulfide) groups is 1. The minimum Gasteiger partial charge on any atom is -0.378 e. The molecule has 36 heavy (non-hydrogen) atoms. The molecule has 3 rings (SSSR count). The Morgan fingerprint density at radius 2 is 1.86 bits per heavy atom. The number of aromatic nitrogens is 3. The number of hydrogen-bond donors (Lipinski definition) is 2. The second kappa shape index (κ2) is 12.7. The summed E-state index contributed by atoms with van der Waals surface area (Å²) in [6, 6.07) is 9.23. The molecule has 1 aliphatic rings. The molecule has 198 valence electrons. The average molecular weight is 519 g/mol. The monoisotopic (exact) mass is 518 g/mol. The Morgan fingerprint density at radius 1 is 1.19 bits per heavy atom. The van der Waals surface area contributed by atoms with Crippen LogP contribution in [0.5, 0.6) is 0 Å². The molecule has 2 amide bonds. The number of rotatable bonds is 11. The third-order valence-electron chi connectivity index (χ3n) is 5.87. The van der Waals surface area contributed by atoms with Crippen LogP contribution in [0.2, 0.25) is 0 Å². The molecule has 2 heterocycles. The average Bonchev–Trinajstić information content (AvgIpc) is 3.21. The van der Waals surface area contributed by atoms with Gasteiger partial charge in [0, 0.05) is 20.1 Å². The first kappa shape index (κ1) is 28.1. The van der Waals surface area contributed by atoms with Crippen LogP contribution in [0.15, 0.2) is 35.5 Å². The Hall–Kier alpha value is -2.47. The van der Waals surface area contributed by atoms with E-state index >= 15 is 0 Å². The summed E-state index contributed by atoms with van der Waals surface area (Å²) in [5.74, 6) is 0.372. The van der Waals surface area contributed by atoms with Crippen LogP contribution in [0.25, 0.3) is 0 Å². The number of ether oxygens (including phenoxy) is 2. The maximum Gasteiger partial charge on any atom is 0.240 e. The molecule has 10 nitrogen and oxygen atoms in total. The lowest BCUT2D eigenvalue weighted by Gasteiger charge is -2.31. The van der Waals surface area contributed by atoms with Crippen LogP contribution in [0.4, 0.5) is 0 Å². The molecule has 2 atom stereocenters. The largest absolute Gasteiger partial charge is 0.378 e. The van der Waals surface area contributed by atoms with Crippen LogP contribution < -0.4 is 11.1 Å². The van der Waals surface area contributed by atoms with Crippen molar-refractivity contribution in [2.75, 3.05) is 32.9 Å². The van der Waals surface area contributed by atoms with Crippen LogP contribution in [0, 0.1) is 5.92 Å². The molecule has 1 unspecified atom stereocenters. The Labute approximate surface area is 217 Å². The normalized spacial score (nSPS) is 16.1. The van der Waals surface area contributed by atoms with Crippen LogP contribution in [-0.2, 0) is 32.7 Å². The molecule has 1 saturated heterocycles. The molecule has 3 N–H and O–H groups in total. The lowest BCUT2D eigenvalue weighted by atomic mass is 10.1. The number of benzene rings is 1. The Bertz CT molecular complexity index is 1000. The van der Waals surface area contributed by atoms with Crippen molar-refractivity contribution in [3.8, 4) is 0 Å². The molecule has 1 aliphatic heterocycles. The summed E-state index contributed by atoms with van der Waals surface area (Å²) in [5, 5.41) is 12.0. The highest BCUT2D eigenvalue weighted by atomic mass is 32.2. The molecule has 0 radical (unpaired) electrons. The van der Waals surface area contributed by atoms with E-state index in [0.717, 1.165) is 5.56 Å². The number of nitrogens with two attached hydrogens (primary N) is 1. The molecule has 0 saturated carbocycles. The molecular weight excluding hydrogens is 480 g/mol. The number of carbonyl (C=O) groups is 2. The van der Waals surface area contributed by atoms with Gasteiger partial charge in [-0.25, -0.2) is 0 Å². The predicted molar refractivity (Wildman–Crippen MR) is 138 cm³/mol. The van der Waals surface area contributed by atoms with Crippen molar-refractivity contribution in [3.63, 3.8) is 0 Å². The molecule has 0 aliphatic carbocycles. The fourth-order valence-corrected chi connectivity index (χ4v) is 4.76. The van der Waals surface area contributed by atoms with E-state index in [9.17, 15) is 9.59 Å². The smallest absolute Gasteiger partial charge is 0.240 e. The highest BCUT2D eigenvalue weighted by molar-refractivity contribution is 8.00. The topological polar surface area (TPSA) is 125 Å². The Morgan fingerprint density at radius 3 is 2.47 bits per heavy atom. The van der Waals surface area contributed by atoms with E-state index in [1.54, 1.807) is 13.8 Å². The second-order valence-electron chi connectivity index (χ2n) is 9.87. The van der Waals surface area contributed by atoms with Crippen LogP contribution in [0.3, 0.4) is 0 Å². The summed E-state index contributed by atoms with van der Waals surface area (Å²) in [6.07, 6.45) is 0. The third kappa shape index (κ3) is 7.52. The summed E-state index contributed by atoms with van der Waals surface area (Å²) in [6.45, 7) is 10.2. The number of carbonyl (C=O) groups excluding carboxylic acids is 2. The third-order valence-corrected chi connectivity index (χ3v) is 7.44. The molecule has 2 aromatic rings. The summed E-state index contributed by atoms with van der Waals surface area (Å²) in [7, 11) is 1.83. The first-order chi connectivity index (χ1) is 17.1. The number of nitrogens with zero attached hydrogens (tertiary/aromatic N) is 4. The molecular formula is C25H38N6O4S. The van der Waals surface area contributed by atoms with E-state index in [1.807, 2.05) is 60.7 Å². The van der Waals surface area contributed by atoms with Crippen molar-refractivity contribution in [2.24, 2.45) is 18.7 Å². The fraction of sp³-hybridized carbons (Fsp3) is 0.600. The maximum absolute atomic E-state index is 13.2. The minimum atomic E-state index is -1.07. The van der Waals surface area contributed by atoms with Gasteiger partial charge in [0.25, 0.3) is 0 Å². The lowest BCUT2D eigenvalue weighted by Crippen LogP contribution is -2.51. The van der Waals surface area contributed by atoms with E-state index < -0.39 is 11.6 Å². The molecule has 0 bridgehead atoms. The Balaban J connectivity index is 1.77. The van der Waals surface area contributed by atoms with E-state index in [4.69, 9.17) is 15.2 Å². The van der Waals surface area contributed by atoms with Crippen LogP contribution in [-0.4, -0.2) is 75.2 Å². The van der Waals surface area contributed by atoms with Gasteiger partial charge in [0.1, 0.15) is 6.04 Å². The first-order valence-electron chi connectivity index (χ1n) is 12.2. The van der Waals surface area contributed by atoms with Crippen molar-refractivity contribution in [1.29, 1.82) is 0 Å².